The first-order chi connectivity index (χ1) is 3.77. The lowest BCUT2D eigenvalue weighted by atomic mass is 10.4. The molecule has 2 heteroatoms. The van der Waals surface area contributed by atoms with Crippen molar-refractivity contribution in [3.63, 3.8) is 0 Å². The van der Waals surface area contributed by atoms with Gasteiger partial charge in [0, 0.05) is 0 Å². The lowest BCUT2D eigenvalue weighted by Gasteiger charge is -2.03. The lowest BCUT2D eigenvalue weighted by molar-refractivity contribution is 0.120. The normalized spacial score (nSPS) is 13.9. The molecule has 0 fully saturated rings. The molecule has 0 aliphatic carbocycles. The number of rotatable bonds is 4. The first kappa shape index (κ1) is 7.92. The molecule has 1 atom stereocenters. The fourth-order valence-electron chi connectivity index (χ4n) is 0.338. The maximum atomic E-state index is 5.28. The Bertz CT molecular complexity index is 45.8. The predicted molar refractivity (Wildman–Crippen MR) is 33.9 cm³/mol. The Morgan fingerprint density at radius 1 is 1.75 bits per heavy atom. The largest absolute Gasteiger partial charge is 0.358 e. The molecule has 1 radical (unpaired) electrons. The summed E-state index contributed by atoms with van der Waals surface area (Å²) in [5.41, 5.74) is 5.28. The van der Waals surface area contributed by atoms with E-state index in [0.29, 0.717) is 0 Å². The molecule has 0 amide bonds. The Morgan fingerprint density at radius 3 is 2.75 bits per heavy atom. The van der Waals surface area contributed by atoms with E-state index in [0.717, 1.165) is 12.8 Å². The van der Waals surface area contributed by atoms with Crippen LogP contribution in [0.5, 0.6) is 0 Å². The van der Waals surface area contributed by atoms with Crippen molar-refractivity contribution < 1.29 is 4.74 Å². The third-order valence-corrected chi connectivity index (χ3v) is 0.717. The van der Waals surface area contributed by atoms with E-state index >= 15 is 0 Å². The fourth-order valence-corrected chi connectivity index (χ4v) is 0.338. The maximum absolute atomic E-state index is 5.28. The summed E-state index contributed by atoms with van der Waals surface area (Å²) in [7, 11) is 0. The van der Waals surface area contributed by atoms with Gasteiger partial charge in [-0.05, 0) is 13.3 Å². The second-order valence-electron chi connectivity index (χ2n) is 1.80. The molecule has 0 saturated carbocycles. The summed E-state index contributed by atoms with van der Waals surface area (Å²) in [6, 6.07) is 0. The maximum Gasteiger partial charge on any atom is 0.103 e. The van der Waals surface area contributed by atoms with E-state index in [9.17, 15) is 0 Å². The average Bonchev–Trinajstić information content (AvgIpc) is 1.66. The SMILES string of the molecule is CCC[CH]OC(C)N. The van der Waals surface area contributed by atoms with Crippen LogP contribution in [-0.2, 0) is 4.74 Å². The van der Waals surface area contributed by atoms with Gasteiger partial charge >= 0.3 is 0 Å². The zero-order valence-electron chi connectivity index (χ0n) is 5.55. The van der Waals surface area contributed by atoms with Crippen LogP contribution in [0.25, 0.3) is 0 Å². The Morgan fingerprint density at radius 2 is 2.38 bits per heavy atom. The fraction of sp³-hybridized carbons (Fsp3) is 0.833. The van der Waals surface area contributed by atoms with E-state index in [4.69, 9.17) is 10.5 Å². The summed E-state index contributed by atoms with van der Waals surface area (Å²) < 4.78 is 4.94. The van der Waals surface area contributed by atoms with Crippen molar-refractivity contribution in [3.05, 3.63) is 6.61 Å². The second-order valence-corrected chi connectivity index (χ2v) is 1.80. The van der Waals surface area contributed by atoms with Crippen molar-refractivity contribution in [2.24, 2.45) is 5.73 Å². The van der Waals surface area contributed by atoms with Gasteiger partial charge in [0.15, 0.2) is 0 Å². The van der Waals surface area contributed by atoms with Crippen LogP contribution in [0.2, 0.25) is 0 Å². The molecule has 0 bridgehead atoms. The molecule has 49 valence electrons. The van der Waals surface area contributed by atoms with Crippen LogP contribution in [0.3, 0.4) is 0 Å². The predicted octanol–water partition coefficient (Wildman–Crippen LogP) is 1.27. The molecule has 0 heterocycles. The van der Waals surface area contributed by atoms with E-state index in [1.165, 1.54) is 0 Å². The quantitative estimate of drug-likeness (QED) is 0.443. The lowest BCUT2D eigenvalue weighted by Crippen LogP contribution is -2.17. The average molecular weight is 116 g/mol. The topological polar surface area (TPSA) is 35.2 Å². The summed E-state index contributed by atoms with van der Waals surface area (Å²) in [6.45, 7) is 5.66. The molecule has 1 unspecified atom stereocenters. The molecule has 0 aliphatic rings. The molecular weight excluding hydrogens is 102 g/mol. The first-order valence-corrected chi connectivity index (χ1v) is 3.00. The van der Waals surface area contributed by atoms with E-state index in [1.807, 2.05) is 6.92 Å². The van der Waals surface area contributed by atoms with Crippen molar-refractivity contribution >= 4 is 0 Å². The highest BCUT2D eigenvalue weighted by Gasteiger charge is 1.90. The van der Waals surface area contributed by atoms with Gasteiger partial charge in [0.25, 0.3) is 0 Å². The van der Waals surface area contributed by atoms with E-state index in [-0.39, 0.29) is 6.23 Å². The highest BCUT2D eigenvalue weighted by atomic mass is 16.5. The summed E-state index contributed by atoms with van der Waals surface area (Å²) in [5.74, 6) is 0. The third kappa shape index (κ3) is 5.92. The number of hydrogen-bond donors (Lipinski definition) is 1. The number of nitrogens with two attached hydrogens (primary N) is 1. The van der Waals surface area contributed by atoms with Gasteiger partial charge in [-0.2, -0.15) is 0 Å². The zero-order valence-corrected chi connectivity index (χ0v) is 5.55. The van der Waals surface area contributed by atoms with Gasteiger partial charge in [-0.15, -0.1) is 0 Å². The molecule has 0 aliphatic heterocycles. The highest BCUT2D eigenvalue weighted by Crippen LogP contribution is 1.94. The van der Waals surface area contributed by atoms with Crippen LogP contribution in [0, 0.1) is 6.61 Å². The van der Waals surface area contributed by atoms with Crippen LogP contribution < -0.4 is 5.73 Å². The molecule has 0 spiro atoms. The summed E-state index contributed by atoms with van der Waals surface area (Å²) >= 11 is 0. The highest BCUT2D eigenvalue weighted by molar-refractivity contribution is 4.48. The van der Waals surface area contributed by atoms with E-state index < -0.39 is 0 Å². The molecule has 8 heavy (non-hydrogen) atoms. The van der Waals surface area contributed by atoms with Crippen LogP contribution in [0.15, 0.2) is 0 Å². The Kier molecular flexibility index (Phi) is 5.01. The molecule has 2 N–H and O–H groups in total. The standard InChI is InChI=1S/C6H14NO/c1-3-4-5-8-6(2)7/h5-6H,3-4,7H2,1-2H3. The molecular formula is C6H14NO. The van der Waals surface area contributed by atoms with Gasteiger partial charge in [0.1, 0.15) is 6.23 Å². The minimum absolute atomic E-state index is 0.151. The van der Waals surface area contributed by atoms with E-state index in [1.54, 1.807) is 6.61 Å². The van der Waals surface area contributed by atoms with Crippen LogP contribution in [0.1, 0.15) is 26.7 Å². The Hall–Kier alpha value is -0.0800. The third-order valence-electron chi connectivity index (χ3n) is 0.717. The van der Waals surface area contributed by atoms with Crippen LogP contribution in [0.4, 0.5) is 0 Å². The van der Waals surface area contributed by atoms with Gasteiger partial charge < -0.3 is 10.5 Å². The van der Waals surface area contributed by atoms with Gasteiger partial charge in [-0.1, -0.05) is 13.3 Å². The van der Waals surface area contributed by atoms with Crippen molar-refractivity contribution in [2.75, 3.05) is 0 Å². The summed E-state index contributed by atoms with van der Waals surface area (Å²) in [6.07, 6.45) is 1.95. The molecule has 0 aromatic heterocycles. The van der Waals surface area contributed by atoms with Crippen molar-refractivity contribution in [1.29, 1.82) is 0 Å². The number of ether oxygens (including phenoxy) is 1. The smallest absolute Gasteiger partial charge is 0.103 e. The molecule has 0 saturated heterocycles. The first-order valence-electron chi connectivity index (χ1n) is 3.00. The van der Waals surface area contributed by atoms with Gasteiger partial charge in [0.05, 0.1) is 6.61 Å². The van der Waals surface area contributed by atoms with Crippen LogP contribution in [-0.4, -0.2) is 6.23 Å². The van der Waals surface area contributed by atoms with Crippen molar-refractivity contribution in [3.8, 4) is 0 Å². The zero-order chi connectivity index (χ0) is 6.41. The monoisotopic (exact) mass is 116 g/mol. The van der Waals surface area contributed by atoms with Crippen LogP contribution >= 0.6 is 0 Å². The van der Waals surface area contributed by atoms with Gasteiger partial charge in [0.2, 0.25) is 0 Å². The van der Waals surface area contributed by atoms with Crippen molar-refractivity contribution in [2.45, 2.75) is 32.9 Å². The Labute approximate surface area is 51.0 Å². The summed E-state index contributed by atoms with van der Waals surface area (Å²) in [4.78, 5) is 0. The minimum Gasteiger partial charge on any atom is -0.358 e. The molecule has 0 rings (SSSR count). The van der Waals surface area contributed by atoms with Gasteiger partial charge in [-0.25, -0.2) is 0 Å². The van der Waals surface area contributed by atoms with Gasteiger partial charge in [-0.3, -0.25) is 0 Å². The number of unbranched alkanes of at least 4 members (excludes halogenated alkanes) is 1. The van der Waals surface area contributed by atoms with E-state index in [2.05, 4.69) is 6.92 Å². The van der Waals surface area contributed by atoms with Crippen molar-refractivity contribution in [1.82, 2.24) is 0 Å². The minimum atomic E-state index is -0.151. The number of hydrogen-bond acceptors (Lipinski definition) is 2. The molecule has 0 aromatic carbocycles. The molecule has 0 aromatic rings. The summed E-state index contributed by atoms with van der Waals surface area (Å²) in [5, 5.41) is 0. The molecule has 2 nitrogen and oxygen atoms in total. The second kappa shape index (κ2) is 5.06. The Balaban J connectivity index is 2.72.